The fourth-order valence-corrected chi connectivity index (χ4v) is 3.02. The van der Waals surface area contributed by atoms with Gasteiger partial charge in [0, 0.05) is 6.08 Å². The average molecular weight is 431 g/mol. The van der Waals surface area contributed by atoms with E-state index < -0.39 is 11.7 Å². The smallest absolute Gasteiger partial charge is 0.437 e. The van der Waals surface area contributed by atoms with E-state index in [0.29, 0.717) is 27.6 Å². The van der Waals surface area contributed by atoms with E-state index in [9.17, 15) is 9.59 Å². The number of ether oxygens (including phenoxy) is 3. The van der Waals surface area contributed by atoms with Gasteiger partial charge in [0.2, 0.25) is 5.89 Å². The van der Waals surface area contributed by atoms with Gasteiger partial charge in [-0.15, -0.1) is 5.10 Å². The SMILES string of the molecule is COC(=O)c1ccc(Cn2nc(C=Cc3ccc(OC)c(OC)c3Cl)oc2=O)cc1. The fourth-order valence-electron chi connectivity index (χ4n) is 2.72. The molecule has 0 spiro atoms. The third-order valence-electron chi connectivity index (χ3n) is 4.25. The van der Waals surface area contributed by atoms with Gasteiger partial charge in [-0.25, -0.2) is 9.59 Å². The van der Waals surface area contributed by atoms with Crippen molar-refractivity contribution in [1.29, 1.82) is 0 Å². The molecule has 3 rings (SSSR count). The van der Waals surface area contributed by atoms with Gasteiger partial charge in [-0.05, 0) is 41.5 Å². The topological polar surface area (TPSA) is 92.8 Å². The van der Waals surface area contributed by atoms with Gasteiger partial charge in [0.25, 0.3) is 0 Å². The normalized spacial score (nSPS) is 10.9. The summed E-state index contributed by atoms with van der Waals surface area (Å²) in [7, 11) is 4.33. The van der Waals surface area contributed by atoms with Crippen molar-refractivity contribution >= 4 is 29.7 Å². The number of benzene rings is 2. The largest absolute Gasteiger partial charge is 0.493 e. The maximum absolute atomic E-state index is 12.1. The Hall–Kier alpha value is -3.52. The Balaban J connectivity index is 1.78. The molecule has 2 aromatic carbocycles. The number of halogens is 1. The summed E-state index contributed by atoms with van der Waals surface area (Å²) in [4.78, 5) is 23.6. The van der Waals surface area contributed by atoms with Crippen molar-refractivity contribution in [3.63, 3.8) is 0 Å². The maximum Gasteiger partial charge on any atom is 0.437 e. The highest BCUT2D eigenvalue weighted by Crippen LogP contribution is 2.37. The molecule has 0 N–H and O–H groups in total. The second-order valence-corrected chi connectivity index (χ2v) is 6.47. The molecule has 0 fully saturated rings. The van der Waals surface area contributed by atoms with Crippen LogP contribution in [-0.2, 0) is 11.3 Å². The Bertz CT molecular complexity index is 1130. The van der Waals surface area contributed by atoms with Gasteiger partial charge < -0.3 is 18.6 Å². The predicted molar refractivity (Wildman–Crippen MR) is 111 cm³/mol. The predicted octanol–water partition coefficient (Wildman–Crippen LogP) is 3.51. The number of methoxy groups -OCH3 is 3. The number of esters is 1. The summed E-state index contributed by atoms with van der Waals surface area (Å²) in [5.41, 5.74) is 1.84. The third-order valence-corrected chi connectivity index (χ3v) is 4.64. The highest BCUT2D eigenvalue weighted by Gasteiger charge is 2.12. The maximum atomic E-state index is 12.1. The molecule has 156 valence electrons. The van der Waals surface area contributed by atoms with Crippen molar-refractivity contribution in [2.75, 3.05) is 21.3 Å². The number of carbonyl (C=O) groups is 1. The standard InChI is InChI=1S/C21H19ClN2O6/c1-27-16-10-8-14(18(22)19(16)28-2)9-11-17-23-24(21(26)30-17)12-13-4-6-15(7-5-13)20(25)29-3/h4-11H,12H2,1-3H3. The van der Waals surface area contributed by atoms with Crippen LogP contribution in [0.2, 0.25) is 5.02 Å². The molecule has 0 unspecified atom stereocenters. The van der Waals surface area contributed by atoms with Crippen LogP contribution >= 0.6 is 11.6 Å². The average Bonchev–Trinajstić information content (AvgIpc) is 3.11. The van der Waals surface area contributed by atoms with Crippen LogP contribution in [0.3, 0.4) is 0 Å². The van der Waals surface area contributed by atoms with Gasteiger partial charge in [-0.3, -0.25) is 0 Å². The molecule has 0 atom stereocenters. The van der Waals surface area contributed by atoms with E-state index >= 15 is 0 Å². The Labute approximate surface area is 177 Å². The van der Waals surface area contributed by atoms with Gasteiger partial charge in [0.1, 0.15) is 0 Å². The van der Waals surface area contributed by atoms with Crippen LogP contribution in [0.1, 0.15) is 27.4 Å². The highest BCUT2D eigenvalue weighted by molar-refractivity contribution is 6.34. The molecule has 0 amide bonds. The molecule has 8 nitrogen and oxygen atoms in total. The van der Waals surface area contributed by atoms with Gasteiger partial charge in [-0.2, -0.15) is 4.68 Å². The Morgan fingerprint density at radius 1 is 1.10 bits per heavy atom. The van der Waals surface area contributed by atoms with Gasteiger partial charge in [0.05, 0.1) is 38.5 Å². The lowest BCUT2D eigenvalue weighted by Gasteiger charge is -2.10. The van der Waals surface area contributed by atoms with Crippen LogP contribution in [0.4, 0.5) is 0 Å². The Morgan fingerprint density at radius 2 is 1.83 bits per heavy atom. The molecule has 0 aliphatic heterocycles. The Kier molecular flexibility index (Phi) is 6.58. The first-order valence-corrected chi connectivity index (χ1v) is 9.18. The summed E-state index contributed by atoms with van der Waals surface area (Å²) >= 11 is 6.34. The zero-order chi connectivity index (χ0) is 21.7. The Morgan fingerprint density at radius 3 is 2.47 bits per heavy atom. The van der Waals surface area contributed by atoms with Crippen LogP contribution in [0.25, 0.3) is 12.2 Å². The van der Waals surface area contributed by atoms with Crippen LogP contribution in [0, 0.1) is 0 Å². The molecular formula is C21H19ClN2O6. The molecule has 0 bridgehead atoms. The number of rotatable bonds is 7. The van der Waals surface area contributed by atoms with E-state index in [1.54, 1.807) is 42.5 Å². The van der Waals surface area contributed by atoms with E-state index in [0.717, 1.165) is 5.56 Å². The number of hydrogen-bond donors (Lipinski definition) is 0. The van der Waals surface area contributed by atoms with E-state index in [-0.39, 0.29) is 12.4 Å². The van der Waals surface area contributed by atoms with Crippen molar-refractivity contribution in [3.8, 4) is 11.5 Å². The van der Waals surface area contributed by atoms with Gasteiger partial charge >= 0.3 is 11.7 Å². The van der Waals surface area contributed by atoms with E-state index in [1.807, 2.05) is 0 Å². The molecule has 0 aliphatic rings. The minimum atomic E-state index is -0.606. The first-order valence-electron chi connectivity index (χ1n) is 8.80. The van der Waals surface area contributed by atoms with E-state index in [2.05, 4.69) is 9.84 Å². The summed E-state index contributed by atoms with van der Waals surface area (Å²) in [6.07, 6.45) is 3.19. The summed E-state index contributed by atoms with van der Waals surface area (Å²) < 4.78 is 21.5. The molecule has 0 saturated heterocycles. The number of nitrogens with zero attached hydrogens (tertiary/aromatic N) is 2. The lowest BCUT2D eigenvalue weighted by Crippen LogP contribution is -2.16. The molecule has 9 heteroatoms. The number of aromatic nitrogens is 2. The molecular weight excluding hydrogens is 412 g/mol. The van der Waals surface area contributed by atoms with Gasteiger partial charge in [0.15, 0.2) is 11.5 Å². The molecule has 0 aliphatic carbocycles. The van der Waals surface area contributed by atoms with Gasteiger partial charge in [-0.1, -0.05) is 23.7 Å². The van der Waals surface area contributed by atoms with Crippen LogP contribution < -0.4 is 15.2 Å². The second-order valence-electron chi connectivity index (χ2n) is 6.09. The first kappa shape index (κ1) is 21.2. The zero-order valence-electron chi connectivity index (χ0n) is 16.5. The van der Waals surface area contributed by atoms with E-state index in [4.69, 9.17) is 25.5 Å². The second kappa shape index (κ2) is 9.32. The minimum absolute atomic E-state index is 0.122. The van der Waals surface area contributed by atoms with Crippen LogP contribution in [-0.4, -0.2) is 37.1 Å². The minimum Gasteiger partial charge on any atom is -0.493 e. The summed E-state index contributed by atoms with van der Waals surface area (Å²) in [6, 6.07) is 10.1. The fraction of sp³-hybridized carbons (Fsp3) is 0.190. The van der Waals surface area contributed by atoms with Crippen molar-refractivity contribution in [1.82, 2.24) is 9.78 Å². The number of carbonyl (C=O) groups excluding carboxylic acids is 1. The van der Waals surface area contributed by atoms with Crippen LogP contribution in [0.15, 0.2) is 45.6 Å². The molecule has 1 heterocycles. The van der Waals surface area contributed by atoms with Crippen molar-refractivity contribution in [3.05, 3.63) is 74.6 Å². The van der Waals surface area contributed by atoms with Crippen LogP contribution in [0.5, 0.6) is 11.5 Å². The zero-order valence-corrected chi connectivity index (χ0v) is 17.3. The highest BCUT2D eigenvalue weighted by atomic mass is 35.5. The molecule has 1 aromatic heterocycles. The van der Waals surface area contributed by atoms with E-state index in [1.165, 1.54) is 32.1 Å². The molecule has 0 radical (unpaired) electrons. The lowest BCUT2D eigenvalue weighted by atomic mass is 10.1. The number of hydrogen-bond acceptors (Lipinski definition) is 7. The lowest BCUT2D eigenvalue weighted by molar-refractivity contribution is 0.0600. The molecule has 30 heavy (non-hydrogen) atoms. The monoisotopic (exact) mass is 430 g/mol. The summed E-state index contributed by atoms with van der Waals surface area (Å²) in [6.45, 7) is 0.189. The summed E-state index contributed by atoms with van der Waals surface area (Å²) in [5.74, 6) is 0.000845. The van der Waals surface area contributed by atoms with Crippen molar-refractivity contribution in [2.45, 2.75) is 6.54 Å². The third kappa shape index (κ3) is 4.55. The first-order chi connectivity index (χ1) is 14.5. The summed E-state index contributed by atoms with van der Waals surface area (Å²) in [5, 5.41) is 4.52. The quantitative estimate of drug-likeness (QED) is 0.529. The molecule has 3 aromatic rings. The van der Waals surface area contributed by atoms with Crippen molar-refractivity contribution in [2.24, 2.45) is 0 Å². The van der Waals surface area contributed by atoms with Crippen molar-refractivity contribution < 1.29 is 23.4 Å². The molecule has 0 saturated carbocycles.